The van der Waals surface area contributed by atoms with Gasteiger partial charge < -0.3 is 9.30 Å². The number of aromatic nitrogens is 2. The van der Waals surface area contributed by atoms with Crippen LogP contribution in [-0.4, -0.2) is 22.3 Å². The molecular formula is C21H40N2O. The number of rotatable bonds is 17. The second-order valence-corrected chi connectivity index (χ2v) is 7.08. The molecule has 3 nitrogen and oxygen atoms in total. The van der Waals surface area contributed by atoms with E-state index in [1.54, 1.807) is 0 Å². The van der Waals surface area contributed by atoms with Gasteiger partial charge in [0.2, 0.25) is 0 Å². The Balaban J connectivity index is 2.09. The van der Waals surface area contributed by atoms with Crippen molar-refractivity contribution in [3.05, 3.63) is 18.7 Å². The van der Waals surface area contributed by atoms with E-state index in [2.05, 4.69) is 23.4 Å². The van der Waals surface area contributed by atoms with Crippen molar-refractivity contribution in [2.24, 2.45) is 0 Å². The second-order valence-electron chi connectivity index (χ2n) is 7.08. The first-order valence-corrected chi connectivity index (χ1v) is 10.4. The van der Waals surface area contributed by atoms with Gasteiger partial charge in [-0.15, -0.1) is 0 Å². The third-order valence-electron chi connectivity index (χ3n) is 4.70. The molecule has 0 radical (unpaired) electrons. The largest absolute Gasteiger partial charge is 0.376 e. The molecule has 0 amide bonds. The summed E-state index contributed by atoms with van der Waals surface area (Å²) >= 11 is 0. The zero-order valence-electron chi connectivity index (χ0n) is 16.2. The average molecular weight is 337 g/mol. The number of hydrogen-bond donors (Lipinski definition) is 0. The molecule has 0 saturated heterocycles. The van der Waals surface area contributed by atoms with Crippen LogP contribution in [-0.2, 0) is 11.3 Å². The van der Waals surface area contributed by atoms with Gasteiger partial charge in [-0.3, -0.25) is 0 Å². The molecular weight excluding hydrogens is 296 g/mol. The van der Waals surface area contributed by atoms with Crippen LogP contribution in [0.3, 0.4) is 0 Å². The zero-order valence-corrected chi connectivity index (χ0v) is 16.2. The van der Waals surface area contributed by atoms with Crippen LogP contribution in [0, 0.1) is 0 Å². The highest BCUT2D eigenvalue weighted by atomic mass is 16.5. The molecule has 1 rings (SSSR count). The predicted octanol–water partition coefficient (Wildman–Crippen LogP) is 6.38. The summed E-state index contributed by atoms with van der Waals surface area (Å²) in [6.45, 7) is 6.41. The molecule has 0 spiro atoms. The van der Waals surface area contributed by atoms with Crippen LogP contribution in [0.5, 0.6) is 0 Å². The van der Waals surface area contributed by atoms with Crippen LogP contribution in [0.25, 0.3) is 0 Å². The van der Waals surface area contributed by atoms with Gasteiger partial charge in [0.25, 0.3) is 0 Å². The first-order valence-electron chi connectivity index (χ1n) is 10.4. The van der Waals surface area contributed by atoms with Crippen molar-refractivity contribution < 1.29 is 4.74 Å². The Labute approximate surface area is 150 Å². The fourth-order valence-corrected chi connectivity index (χ4v) is 3.14. The smallest absolute Gasteiger partial charge is 0.0946 e. The minimum absolute atomic E-state index is 0.348. The number of imidazole rings is 1. The van der Waals surface area contributed by atoms with E-state index in [-0.39, 0.29) is 0 Å². The lowest BCUT2D eigenvalue weighted by molar-refractivity contribution is 0.0317. The zero-order chi connectivity index (χ0) is 17.3. The van der Waals surface area contributed by atoms with Crippen molar-refractivity contribution in [1.82, 2.24) is 9.55 Å². The van der Waals surface area contributed by atoms with Gasteiger partial charge in [0.15, 0.2) is 0 Å². The third kappa shape index (κ3) is 11.7. The molecule has 1 heterocycles. The van der Waals surface area contributed by atoms with Gasteiger partial charge in [-0.05, 0) is 12.8 Å². The number of unbranched alkanes of at least 4 members (excludes halogenated alkanes) is 10. The van der Waals surface area contributed by atoms with E-state index >= 15 is 0 Å². The van der Waals surface area contributed by atoms with Crippen molar-refractivity contribution in [2.45, 2.75) is 110 Å². The Morgan fingerprint density at radius 2 is 1.46 bits per heavy atom. The fraction of sp³-hybridized carbons (Fsp3) is 0.857. The normalized spacial score (nSPS) is 12.6. The summed E-state index contributed by atoms with van der Waals surface area (Å²) in [6.07, 6.45) is 23.4. The highest BCUT2D eigenvalue weighted by molar-refractivity contribution is 4.76. The Morgan fingerprint density at radius 3 is 2.08 bits per heavy atom. The lowest BCUT2D eigenvalue weighted by Crippen LogP contribution is -2.20. The number of nitrogens with zero attached hydrogens (tertiary/aromatic N) is 2. The van der Waals surface area contributed by atoms with Crippen molar-refractivity contribution in [1.29, 1.82) is 0 Å². The molecule has 0 aliphatic rings. The van der Waals surface area contributed by atoms with Crippen molar-refractivity contribution >= 4 is 0 Å². The molecule has 0 N–H and O–H groups in total. The monoisotopic (exact) mass is 336 g/mol. The lowest BCUT2D eigenvalue weighted by Gasteiger charge is -2.18. The van der Waals surface area contributed by atoms with Gasteiger partial charge in [0, 0.05) is 25.5 Å². The molecule has 1 aromatic rings. The first-order chi connectivity index (χ1) is 11.9. The minimum atomic E-state index is 0.348. The summed E-state index contributed by atoms with van der Waals surface area (Å²) in [4.78, 5) is 4.14. The molecule has 0 saturated carbocycles. The molecule has 0 fully saturated rings. The standard InChI is InChI=1S/C21H40N2O/c1-3-5-7-9-10-11-12-14-18-24-21(15-13-8-6-4-2)19-23-17-16-22-20-23/h16-17,20-21H,3-15,18-19H2,1-2H3. The van der Waals surface area contributed by atoms with E-state index in [0.29, 0.717) is 6.10 Å². The van der Waals surface area contributed by atoms with E-state index in [4.69, 9.17) is 4.74 Å². The van der Waals surface area contributed by atoms with Gasteiger partial charge in [0.05, 0.1) is 12.4 Å². The lowest BCUT2D eigenvalue weighted by atomic mass is 10.1. The van der Waals surface area contributed by atoms with Crippen LogP contribution < -0.4 is 0 Å². The number of hydrogen-bond acceptors (Lipinski definition) is 2. The fourth-order valence-electron chi connectivity index (χ4n) is 3.14. The Bertz CT molecular complexity index is 351. The summed E-state index contributed by atoms with van der Waals surface area (Å²) in [5.74, 6) is 0. The molecule has 24 heavy (non-hydrogen) atoms. The van der Waals surface area contributed by atoms with Crippen LogP contribution >= 0.6 is 0 Å². The maximum absolute atomic E-state index is 6.19. The molecule has 1 aromatic heterocycles. The molecule has 1 atom stereocenters. The Hall–Kier alpha value is -0.830. The summed E-state index contributed by atoms with van der Waals surface area (Å²) in [5.41, 5.74) is 0. The van der Waals surface area contributed by atoms with Gasteiger partial charge in [0.1, 0.15) is 0 Å². The van der Waals surface area contributed by atoms with Crippen molar-refractivity contribution in [2.75, 3.05) is 6.61 Å². The molecule has 1 unspecified atom stereocenters. The molecule has 0 bridgehead atoms. The van der Waals surface area contributed by atoms with Crippen LogP contribution in [0.4, 0.5) is 0 Å². The summed E-state index contributed by atoms with van der Waals surface area (Å²) in [7, 11) is 0. The number of ether oxygens (including phenoxy) is 1. The van der Waals surface area contributed by atoms with Crippen molar-refractivity contribution in [3.8, 4) is 0 Å². The Morgan fingerprint density at radius 1 is 0.833 bits per heavy atom. The summed E-state index contributed by atoms with van der Waals surface area (Å²) in [5, 5.41) is 0. The minimum Gasteiger partial charge on any atom is -0.376 e. The van der Waals surface area contributed by atoms with Crippen LogP contribution in [0.15, 0.2) is 18.7 Å². The predicted molar refractivity (Wildman–Crippen MR) is 103 cm³/mol. The van der Waals surface area contributed by atoms with E-state index in [9.17, 15) is 0 Å². The van der Waals surface area contributed by atoms with Gasteiger partial charge >= 0.3 is 0 Å². The molecule has 0 aromatic carbocycles. The van der Waals surface area contributed by atoms with Gasteiger partial charge in [-0.1, -0.05) is 84.5 Å². The molecule has 0 aliphatic carbocycles. The first kappa shape index (κ1) is 21.2. The SMILES string of the molecule is CCCCCCCCCCOC(CCCCCC)Cn1ccnc1. The van der Waals surface area contributed by atoms with Gasteiger partial charge in [-0.25, -0.2) is 4.98 Å². The Kier molecular flexibility index (Phi) is 13.9. The maximum atomic E-state index is 6.19. The quantitative estimate of drug-likeness (QED) is 0.309. The summed E-state index contributed by atoms with van der Waals surface area (Å²) < 4.78 is 8.34. The van der Waals surface area contributed by atoms with Crippen LogP contribution in [0.2, 0.25) is 0 Å². The molecule has 0 aliphatic heterocycles. The highest BCUT2D eigenvalue weighted by Crippen LogP contribution is 2.13. The van der Waals surface area contributed by atoms with Crippen LogP contribution in [0.1, 0.15) is 97.3 Å². The van der Waals surface area contributed by atoms with E-state index < -0.39 is 0 Å². The third-order valence-corrected chi connectivity index (χ3v) is 4.70. The summed E-state index contributed by atoms with van der Waals surface area (Å²) in [6, 6.07) is 0. The molecule has 140 valence electrons. The van der Waals surface area contributed by atoms with Gasteiger partial charge in [-0.2, -0.15) is 0 Å². The van der Waals surface area contributed by atoms with Crippen molar-refractivity contribution in [3.63, 3.8) is 0 Å². The van der Waals surface area contributed by atoms with E-state index in [1.807, 2.05) is 18.7 Å². The second kappa shape index (κ2) is 15.7. The molecule has 3 heteroatoms. The van der Waals surface area contributed by atoms with E-state index in [0.717, 1.165) is 13.2 Å². The maximum Gasteiger partial charge on any atom is 0.0946 e. The van der Waals surface area contributed by atoms with E-state index in [1.165, 1.54) is 83.5 Å². The highest BCUT2D eigenvalue weighted by Gasteiger charge is 2.09. The average Bonchev–Trinajstić information content (AvgIpc) is 3.10. The topological polar surface area (TPSA) is 27.1 Å².